The number of sulfonamides is 1. The summed E-state index contributed by atoms with van der Waals surface area (Å²) in [5.41, 5.74) is 0.316. The predicted octanol–water partition coefficient (Wildman–Crippen LogP) is 4.16. The van der Waals surface area contributed by atoms with Gasteiger partial charge in [-0.15, -0.1) is 6.42 Å². The molecule has 3 aromatic carbocycles. The van der Waals surface area contributed by atoms with Crippen molar-refractivity contribution in [3.8, 4) is 12.3 Å². The maximum atomic E-state index is 14.3. The van der Waals surface area contributed by atoms with Crippen molar-refractivity contribution in [1.29, 1.82) is 0 Å². The summed E-state index contributed by atoms with van der Waals surface area (Å²) in [6.07, 6.45) is 5.37. The largest absolute Gasteiger partial charge is 0.302 e. The highest BCUT2D eigenvalue weighted by molar-refractivity contribution is 7.92. The van der Waals surface area contributed by atoms with Crippen LogP contribution < -0.4 is 9.52 Å². The Labute approximate surface area is 191 Å². The third-order valence-corrected chi connectivity index (χ3v) is 6.98. The van der Waals surface area contributed by atoms with Crippen molar-refractivity contribution in [3.05, 3.63) is 88.7 Å². The molecule has 0 aliphatic heterocycles. The number of thiazole rings is 1. The molecule has 0 aliphatic carbocycles. The number of anilines is 1. The standard InChI is InChI=1S/C23H15F2N3O3S2/c1-2-11-28-21-19(25)13-16(24)14-20(21)32-23(28)26-22(29)15-7-6-8-17(12-15)27-33(30,31)18-9-4-3-5-10-18/h1,3-10,12-14,27H,11H2. The summed E-state index contributed by atoms with van der Waals surface area (Å²) in [5, 5.41) is 0. The van der Waals surface area contributed by atoms with Crippen molar-refractivity contribution in [2.45, 2.75) is 11.4 Å². The maximum Gasteiger partial charge on any atom is 0.279 e. The molecular formula is C23H15F2N3O3S2. The molecule has 1 amide bonds. The van der Waals surface area contributed by atoms with Gasteiger partial charge in [-0.3, -0.25) is 9.52 Å². The number of terminal acetylenes is 1. The minimum Gasteiger partial charge on any atom is -0.302 e. The number of hydrogen-bond donors (Lipinski definition) is 1. The molecule has 166 valence electrons. The van der Waals surface area contributed by atoms with Crippen LogP contribution in [0, 0.1) is 24.0 Å². The lowest BCUT2D eigenvalue weighted by molar-refractivity contribution is 0.0998. The van der Waals surface area contributed by atoms with Gasteiger partial charge < -0.3 is 4.57 Å². The number of nitrogens with zero attached hydrogens (tertiary/aromatic N) is 2. The van der Waals surface area contributed by atoms with Crippen LogP contribution in [-0.2, 0) is 16.6 Å². The molecule has 4 aromatic rings. The normalized spacial score (nSPS) is 12.0. The molecule has 1 N–H and O–H groups in total. The Hall–Kier alpha value is -3.81. The van der Waals surface area contributed by atoms with E-state index in [1.54, 1.807) is 18.2 Å². The summed E-state index contributed by atoms with van der Waals surface area (Å²) in [4.78, 5) is 17.0. The zero-order chi connectivity index (χ0) is 23.6. The first kappa shape index (κ1) is 22.4. The van der Waals surface area contributed by atoms with E-state index in [-0.39, 0.29) is 37.7 Å². The molecule has 0 radical (unpaired) electrons. The lowest BCUT2D eigenvalue weighted by Gasteiger charge is -2.08. The van der Waals surface area contributed by atoms with Gasteiger partial charge in [0.2, 0.25) is 0 Å². The lowest BCUT2D eigenvalue weighted by atomic mass is 10.2. The molecule has 1 heterocycles. The highest BCUT2D eigenvalue weighted by atomic mass is 32.2. The first-order valence-corrected chi connectivity index (χ1v) is 11.8. The van der Waals surface area contributed by atoms with Crippen LogP contribution in [0.5, 0.6) is 0 Å². The van der Waals surface area contributed by atoms with Gasteiger partial charge in [0.05, 0.1) is 21.7 Å². The minimum atomic E-state index is -3.85. The Morgan fingerprint density at radius 3 is 2.58 bits per heavy atom. The molecule has 0 aliphatic rings. The van der Waals surface area contributed by atoms with Crippen molar-refractivity contribution in [2.75, 3.05) is 4.72 Å². The van der Waals surface area contributed by atoms with Crippen molar-refractivity contribution >= 4 is 43.2 Å². The molecule has 10 heteroatoms. The van der Waals surface area contributed by atoms with Gasteiger partial charge in [-0.25, -0.2) is 17.2 Å². The molecule has 0 saturated carbocycles. The first-order chi connectivity index (χ1) is 15.8. The van der Waals surface area contributed by atoms with Crippen LogP contribution >= 0.6 is 11.3 Å². The molecule has 1 aromatic heterocycles. The fraction of sp³-hybridized carbons (Fsp3) is 0.0435. The van der Waals surface area contributed by atoms with Crippen molar-refractivity contribution in [1.82, 2.24) is 4.57 Å². The molecule has 4 rings (SSSR count). The van der Waals surface area contributed by atoms with Gasteiger partial charge in [-0.05, 0) is 36.4 Å². The highest BCUT2D eigenvalue weighted by Crippen LogP contribution is 2.23. The van der Waals surface area contributed by atoms with E-state index in [4.69, 9.17) is 6.42 Å². The fourth-order valence-corrected chi connectivity index (χ4v) is 5.27. The SMILES string of the molecule is C#CCn1c(=NC(=O)c2cccc(NS(=O)(=O)c3ccccc3)c2)sc2cc(F)cc(F)c21. The Morgan fingerprint density at radius 1 is 1.09 bits per heavy atom. The van der Waals surface area contributed by atoms with Crippen LogP contribution in [0.25, 0.3) is 10.2 Å². The van der Waals surface area contributed by atoms with Crippen molar-refractivity contribution in [2.24, 2.45) is 4.99 Å². The summed E-state index contributed by atoms with van der Waals surface area (Å²) >= 11 is 0.915. The number of carbonyl (C=O) groups is 1. The zero-order valence-corrected chi connectivity index (χ0v) is 18.5. The van der Waals surface area contributed by atoms with Crippen molar-refractivity contribution < 1.29 is 22.0 Å². The maximum absolute atomic E-state index is 14.3. The van der Waals surface area contributed by atoms with Gasteiger partial charge in [0, 0.05) is 17.3 Å². The Morgan fingerprint density at radius 2 is 1.85 bits per heavy atom. The number of benzene rings is 3. The smallest absolute Gasteiger partial charge is 0.279 e. The Balaban J connectivity index is 1.71. The van der Waals surface area contributed by atoms with Crippen molar-refractivity contribution in [3.63, 3.8) is 0 Å². The molecular weight excluding hydrogens is 468 g/mol. The van der Waals surface area contributed by atoms with Crippen LogP contribution in [0.1, 0.15) is 10.4 Å². The third kappa shape index (κ3) is 4.69. The van der Waals surface area contributed by atoms with Gasteiger partial charge in [0.25, 0.3) is 15.9 Å². The summed E-state index contributed by atoms with van der Waals surface area (Å²) in [7, 11) is -3.85. The highest BCUT2D eigenvalue weighted by Gasteiger charge is 2.16. The molecule has 0 bridgehead atoms. The van der Waals surface area contributed by atoms with E-state index < -0.39 is 27.6 Å². The van der Waals surface area contributed by atoms with Gasteiger partial charge in [0.15, 0.2) is 10.6 Å². The zero-order valence-electron chi connectivity index (χ0n) is 16.8. The molecule has 6 nitrogen and oxygen atoms in total. The van der Waals surface area contributed by atoms with E-state index in [1.165, 1.54) is 41.0 Å². The summed E-state index contributed by atoms with van der Waals surface area (Å²) in [6, 6.07) is 15.4. The fourth-order valence-electron chi connectivity index (χ4n) is 3.13. The van der Waals surface area contributed by atoms with E-state index in [1.807, 2.05) is 0 Å². The molecule has 0 spiro atoms. The number of hydrogen-bond acceptors (Lipinski definition) is 4. The van der Waals surface area contributed by atoms with Crippen LogP contribution in [0.2, 0.25) is 0 Å². The van der Waals surface area contributed by atoms with E-state index in [9.17, 15) is 22.0 Å². The average Bonchev–Trinajstić information content (AvgIpc) is 3.11. The summed E-state index contributed by atoms with van der Waals surface area (Å²) < 4.78 is 57.0. The van der Waals surface area contributed by atoms with E-state index in [0.29, 0.717) is 0 Å². The predicted molar refractivity (Wildman–Crippen MR) is 122 cm³/mol. The number of carbonyl (C=O) groups excluding carboxylic acids is 1. The molecule has 0 unspecified atom stereocenters. The van der Waals surface area contributed by atoms with E-state index in [0.717, 1.165) is 23.5 Å². The minimum absolute atomic E-state index is 0.0512. The summed E-state index contributed by atoms with van der Waals surface area (Å²) in [6.45, 7) is -0.0778. The van der Waals surface area contributed by atoms with Crippen LogP contribution in [0.3, 0.4) is 0 Å². The molecule has 33 heavy (non-hydrogen) atoms. The number of aromatic nitrogens is 1. The lowest BCUT2D eigenvalue weighted by Crippen LogP contribution is -2.17. The molecule has 0 saturated heterocycles. The van der Waals surface area contributed by atoms with Gasteiger partial charge in [0.1, 0.15) is 5.82 Å². The second kappa shape index (κ2) is 8.97. The second-order valence-electron chi connectivity index (χ2n) is 6.83. The monoisotopic (exact) mass is 483 g/mol. The quantitative estimate of drug-likeness (QED) is 0.433. The van der Waals surface area contributed by atoms with Gasteiger partial charge >= 0.3 is 0 Å². The van der Waals surface area contributed by atoms with Crippen LogP contribution in [0.15, 0.2) is 76.6 Å². The number of fused-ring (bicyclic) bond motifs is 1. The van der Waals surface area contributed by atoms with Crippen LogP contribution in [-0.4, -0.2) is 18.9 Å². The second-order valence-corrected chi connectivity index (χ2v) is 9.52. The van der Waals surface area contributed by atoms with Gasteiger partial charge in [-0.1, -0.05) is 41.5 Å². The topological polar surface area (TPSA) is 80.5 Å². The van der Waals surface area contributed by atoms with E-state index in [2.05, 4.69) is 15.6 Å². The number of halogens is 2. The Kier molecular flexibility index (Phi) is 6.09. The van der Waals surface area contributed by atoms with Gasteiger partial charge in [-0.2, -0.15) is 4.99 Å². The molecule has 0 atom stereocenters. The summed E-state index contributed by atoms with van der Waals surface area (Å²) in [5.74, 6) is 0.0933. The van der Waals surface area contributed by atoms with Crippen LogP contribution in [0.4, 0.5) is 14.5 Å². The van der Waals surface area contributed by atoms with E-state index >= 15 is 0 Å². The first-order valence-electron chi connectivity index (χ1n) is 9.47. The Bertz CT molecular complexity index is 1580. The third-order valence-electron chi connectivity index (χ3n) is 4.56. The average molecular weight is 484 g/mol. The molecule has 0 fully saturated rings. The number of rotatable bonds is 5. The number of nitrogens with one attached hydrogen (secondary N) is 1. The number of amides is 1.